The molecule has 3 rings (SSSR count). The second-order valence-corrected chi connectivity index (χ2v) is 5.90. The van der Waals surface area contributed by atoms with E-state index in [-0.39, 0.29) is 5.91 Å². The largest absolute Gasteiger partial charge is 0.446 e. The van der Waals surface area contributed by atoms with Crippen LogP contribution in [0.15, 0.2) is 52.2 Å². The van der Waals surface area contributed by atoms with Crippen molar-refractivity contribution in [1.82, 2.24) is 9.99 Å². The van der Waals surface area contributed by atoms with E-state index in [1.807, 2.05) is 43.3 Å². The molecule has 0 saturated heterocycles. The highest BCUT2D eigenvalue weighted by atomic mass is 79.9. The van der Waals surface area contributed by atoms with Crippen molar-refractivity contribution in [2.75, 3.05) is 0 Å². The number of carbonyl (C=O) groups is 1. The van der Waals surface area contributed by atoms with Crippen LogP contribution >= 0.6 is 15.9 Å². The van der Waals surface area contributed by atoms with E-state index in [9.17, 15) is 4.79 Å². The van der Waals surface area contributed by atoms with Gasteiger partial charge >= 0.3 is 0 Å². The van der Waals surface area contributed by atoms with Gasteiger partial charge in [0, 0.05) is 28.9 Å². The van der Waals surface area contributed by atoms with Crippen molar-refractivity contribution >= 4 is 27.7 Å². The number of amides is 1. The summed E-state index contributed by atoms with van der Waals surface area (Å²) in [5, 5.41) is 5.64. The van der Waals surface area contributed by atoms with Gasteiger partial charge in [-0.3, -0.25) is 9.78 Å². The van der Waals surface area contributed by atoms with Crippen LogP contribution in [0.5, 0.6) is 0 Å². The predicted molar refractivity (Wildman–Crippen MR) is 86.0 cm³/mol. The minimum Gasteiger partial charge on any atom is -0.446 e. The van der Waals surface area contributed by atoms with Crippen LogP contribution in [0.4, 0.5) is 0 Å². The van der Waals surface area contributed by atoms with Gasteiger partial charge in [-0.15, -0.1) is 5.10 Å². The van der Waals surface area contributed by atoms with Crippen LogP contribution in [0.1, 0.15) is 30.0 Å². The highest BCUT2D eigenvalue weighted by Gasteiger charge is 2.33. The number of pyridine rings is 1. The highest BCUT2D eigenvalue weighted by molar-refractivity contribution is 9.10. The molecule has 0 unspecified atom stereocenters. The lowest BCUT2D eigenvalue weighted by Crippen LogP contribution is -2.25. The lowest BCUT2D eigenvalue weighted by molar-refractivity contribution is -0.135. The van der Waals surface area contributed by atoms with E-state index in [2.05, 4.69) is 26.0 Å². The molecule has 2 heterocycles. The molecule has 1 aliphatic heterocycles. The summed E-state index contributed by atoms with van der Waals surface area (Å²) in [6, 6.07) is 11.4. The molecule has 5 nitrogen and oxygen atoms in total. The van der Waals surface area contributed by atoms with Gasteiger partial charge in [-0.2, -0.15) is 5.01 Å². The first-order valence-electron chi connectivity index (χ1n) is 6.78. The molecule has 22 heavy (non-hydrogen) atoms. The number of rotatable bonds is 2. The first-order chi connectivity index (χ1) is 10.5. The summed E-state index contributed by atoms with van der Waals surface area (Å²) in [5.74, 6) is 0.215. The highest BCUT2D eigenvalue weighted by Crippen LogP contribution is 2.31. The number of nitrogens with zero attached hydrogens (tertiary/aromatic N) is 3. The van der Waals surface area contributed by atoms with Crippen LogP contribution < -0.4 is 0 Å². The molecule has 2 aromatic rings. The minimum absolute atomic E-state index is 0.181. The van der Waals surface area contributed by atoms with E-state index in [1.165, 1.54) is 11.9 Å². The Hall–Kier alpha value is -2.21. The van der Waals surface area contributed by atoms with Crippen molar-refractivity contribution in [3.63, 3.8) is 0 Å². The zero-order chi connectivity index (χ0) is 15.7. The molecule has 1 amide bonds. The summed E-state index contributed by atoms with van der Waals surface area (Å²) < 4.78 is 6.82. The van der Waals surface area contributed by atoms with Crippen LogP contribution in [-0.4, -0.2) is 21.8 Å². The van der Waals surface area contributed by atoms with Gasteiger partial charge in [0.2, 0.25) is 18.0 Å². The molecule has 0 aliphatic carbocycles. The number of halogens is 1. The number of hydrogen-bond acceptors (Lipinski definition) is 4. The van der Waals surface area contributed by atoms with Crippen molar-refractivity contribution in [3.8, 4) is 0 Å². The Morgan fingerprint density at radius 3 is 2.77 bits per heavy atom. The molecule has 1 atom stereocenters. The van der Waals surface area contributed by atoms with E-state index in [0.717, 1.165) is 21.3 Å². The van der Waals surface area contributed by atoms with Crippen molar-refractivity contribution in [2.45, 2.75) is 20.1 Å². The molecule has 0 spiro atoms. The molecular formula is C16H14BrN3O2. The summed E-state index contributed by atoms with van der Waals surface area (Å²) in [6.07, 6.45) is 1.13. The second-order valence-electron chi connectivity index (χ2n) is 4.98. The predicted octanol–water partition coefficient (Wildman–Crippen LogP) is 3.39. The fraction of sp³-hybridized carbons (Fsp3) is 0.188. The molecule has 1 aromatic heterocycles. The van der Waals surface area contributed by atoms with Gasteiger partial charge in [0.25, 0.3) is 0 Å². The Kier molecular flexibility index (Phi) is 3.94. The fourth-order valence-corrected chi connectivity index (χ4v) is 2.57. The second kappa shape index (κ2) is 5.88. The van der Waals surface area contributed by atoms with Gasteiger partial charge in [0.15, 0.2) is 0 Å². The van der Waals surface area contributed by atoms with Crippen molar-refractivity contribution in [1.29, 1.82) is 0 Å². The van der Waals surface area contributed by atoms with E-state index in [1.54, 1.807) is 6.20 Å². The lowest BCUT2D eigenvalue weighted by atomic mass is 10.2. The van der Waals surface area contributed by atoms with E-state index in [0.29, 0.717) is 5.90 Å². The Bertz CT molecular complexity index is 743. The van der Waals surface area contributed by atoms with Crippen LogP contribution in [0.2, 0.25) is 0 Å². The van der Waals surface area contributed by atoms with E-state index < -0.39 is 6.23 Å². The zero-order valence-corrected chi connectivity index (χ0v) is 13.7. The average molecular weight is 360 g/mol. The summed E-state index contributed by atoms with van der Waals surface area (Å²) >= 11 is 3.43. The summed E-state index contributed by atoms with van der Waals surface area (Å²) in [5.41, 5.74) is 2.51. The average Bonchev–Trinajstić information content (AvgIpc) is 2.93. The molecule has 0 radical (unpaired) electrons. The maximum atomic E-state index is 11.9. The molecule has 0 fully saturated rings. The lowest BCUT2D eigenvalue weighted by Gasteiger charge is -2.19. The van der Waals surface area contributed by atoms with Gasteiger partial charge < -0.3 is 4.74 Å². The van der Waals surface area contributed by atoms with Gasteiger partial charge in [0.1, 0.15) is 0 Å². The fourth-order valence-electron chi connectivity index (χ4n) is 2.15. The normalized spacial score (nSPS) is 17.1. The number of aryl methyl sites for hydroxylation is 1. The first kappa shape index (κ1) is 14.7. The van der Waals surface area contributed by atoms with Gasteiger partial charge in [0.05, 0.1) is 5.56 Å². The third-order valence-corrected chi connectivity index (χ3v) is 3.75. The third-order valence-electron chi connectivity index (χ3n) is 3.26. The number of ether oxygens (including phenoxy) is 1. The van der Waals surface area contributed by atoms with Gasteiger partial charge in [-0.1, -0.05) is 28.1 Å². The molecule has 0 N–H and O–H groups in total. The first-order valence-corrected chi connectivity index (χ1v) is 7.57. The van der Waals surface area contributed by atoms with Crippen LogP contribution in [0.3, 0.4) is 0 Å². The van der Waals surface area contributed by atoms with E-state index >= 15 is 0 Å². The van der Waals surface area contributed by atoms with Crippen molar-refractivity contribution in [2.24, 2.45) is 5.10 Å². The van der Waals surface area contributed by atoms with Crippen LogP contribution in [0.25, 0.3) is 0 Å². The minimum atomic E-state index is -0.564. The third kappa shape index (κ3) is 2.87. The van der Waals surface area contributed by atoms with Gasteiger partial charge in [-0.05, 0) is 31.2 Å². The SMILES string of the molecule is CC(=O)N1N=C(c2ccc(C)nc2)O[C@H]1c1cccc(Br)c1. The number of aromatic nitrogens is 1. The molecule has 1 aromatic carbocycles. The number of carbonyl (C=O) groups excluding carboxylic acids is 1. The molecule has 112 valence electrons. The van der Waals surface area contributed by atoms with Crippen molar-refractivity contribution in [3.05, 3.63) is 63.9 Å². The maximum absolute atomic E-state index is 11.9. The van der Waals surface area contributed by atoms with E-state index in [4.69, 9.17) is 4.74 Å². The standard InChI is InChI=1S/C16H14BrN3O2/c1-10-6-7-13(9-18-10)15-19-20(11(2)21)16(22-15)12-4-3-5-14(17)8-12/h3-9,16H,1-2H3/t16-/m0/s1. The smallest absolute Gasteiger partial charge is 0.243 e. The van der Waals surface area contributed by atoms with Crippen LogP contribution in [0, 0.1) is 6.92 Å². The quantitative estimate of drug-likeness (QED) is 0.825. The Morgan fingerprint density at radius 2 is 2.14 bits per heavy atom. The van der Waals surface area contributed by atoms with Gasteiger partial charge in [-0.25, -0.2) is 0 Å². The molecule has 6 heteroatoms. The summed E-state index contributed by atoms with van der Waals surface area (Å²) in [6.45, 7) is 3.38. The monoisotopic (exact) mass is 359 g/mol. The molecule has 0 saturated carbocycles. The Balaban J connectivity index is 1.94. The topological polar surface area (TPSA) is 54.8 Å². The molecular weight excluding hydrogens is 346 g/mol. The number of hydrazone groups is 1. The Labute approximate surface area is 136 Å². The molecule has 0 bridgehead atoms. The zero-order valence-electron chi connectivity index (χ0n) is 12.2. The Morgan fingerprint density at radius 1 is 1.32 bits per heavy atom. The van der Waals surface area contributed by atoms with Crippen molar-refractivity contribution < 1.29 is 9.53 Å². The summed E-state index contributed by atoms with van der Waals surface area (Å²) in [7, 11) is 0. The number of hydrogen-bond donors (Lipinski definition) is 0. The molecule has 1 aliphatic rings. The summed E-state index contributed by atoms with van der Waals surface area (Å²) in [4.78, 5) is 16.1. The van der Waals surface area contributed by atoms with Crippen LogP contribution in [-0.2, 0) is 9.53 Å². The number of benzene rings is 1. The maximum Gasteiger partial charge on any atom is 0.243 e.